The first-order valence-corrected chi connectivity index (χ1v) is 5.83. The number of hydrogen-bond acceptors (Lipinski definition) is 1. The van der Waals surface area contributed by atoms with Crippen LogP contribution in [0.4, 0.5) is 0 Å². The summed E-state index contributed by atoms with van der Waals surface area (Å²) >= 11 is 0. The van der Waals surface area contributed by atoms with E-state index in [1.165, 1.54) is 0 Å². The maximum Gasteiger partial charge on any atom is 0.329 e. The van der Waals surface area contributed by atoms with Crippen molar-refractivity contribution in [1.29, 1.82) is 0 Å². The van der Waals surface area contributed by atoms with Crippen molar-refractivity contribution in [3.63, 3.8) is 0 Å². The molecule has 0 amide bonds. The van der Waals surface area contributed by atoms with Gasteiger partial charge in [0, 0.05) is 17.2 Å². The maximum atomic E-state index is 10.9. The van der Waals surface area contributed by atoms with Gasteiger partial charge < -0.3 is 5.11 Å². The molecule has 0 fully saturated rings. The highest BCUT2D eigenvalue weighted by molar-refractivity contribution is 5.95. The number of rotatable bonds is 2. The average Bonchev–Trinajstić information content (AvgIpc) is 2.45. The van der Waals surface area contributed by atoms with E-state index in [0.29, 0.717) is 5.57 Å². The van der Waals surface area contributed by atoms with Crippen LogP contribution in [0.3, 0.4) is 0 Å². The lowest BCUT2D eigenvalue weighted by Gasteiger charge is -1.98. The third-order valence-electron chi connectivity index (χ3n) is 2.47. The van der Waals surface area contributed by atoms with Gasteiger partial charge in [0.1, 0.15) is 0 Å². The minimum Gasteiger partial charge on any atom is -0.478 e. The maximum absolute atomic E-state index is 10.9. The minimum atomic E-state index is -0.999. The molecule has 0 saturated carbocycles. The SMILES string of the molecule is O=C(O)C=C(C#Cc1ccccc1)c1ccccc1. The van der Waals surface area contributed by atoms with E-state index in [0.717, 1.165) is 17.2 Å². The van der Waals surface area contributed by atoms with Crippen LogP contribution < -0.4 is 0 Å². The number of carbonyl (C=O) groups is 1. The highest BCUT2D eigenvalue weighted by Gasteiger charge is 2.00. The quantitative estimate of drug-likeness (QED) is 0.654. The summed E-state index contributed by atoms with van der Waals surface area (Å²) in [5.41, 5.74) is 2.15. The van der Waals surface area contributed by atoms with E-state index in [-0.39, 0.29) is 0 Å². The third-order valence-corrected chi connectivity index (χ3v) is 2.47. The highest BCUT2D eigenvalue weighted by atomic mass is 16.4. The van der Waals surface area contributed by atoms with E-state index < -0.39 is 5.97 Å². The Labute approximate surface area is 112 Å². The van der Waals surface area contributed by atoms with Crippen molar-refractivity contribution in [2.24, 2.45) is 0 Å². The molecule has 0 aliphatic rings. The van der Waals surface area contributed by atoms with Gasteiger partial charge in [0.05, 0.1) is 0 Å². The van der Waals surface area contributed by atoms with Crippen LogP contribution in [0.15, 0.2) is 66.7 Å². The Morgan fingerprint density at radius 3 is 2.11 bits per heavy atom. The molecule has 92 valence electrons. The van der Waals surface area contributed by atoms with Crippen LogP contribution in [0.25, 0.3) is 5.57 Å². The molecule has 2 nitrogen and oxygen atoms in total. The molecule has 2 rings (SSSR count). The zero-order valence-electron chi connectivity index (χ0n) is 10.2. The van der Waals surface area contributed by atoms with Crippen molar-refractivity contribution in [2.75, 3.05) is 0 Å². The van der Waals surface area contributed by atoms with E-state index in [1.807, 2.05) is 60.7 Å². The molecule has 19 heavy (non-hydrogen) atoms. The summed E-state index contributed by atoms with van der Waals surface area (Å²) in [6, 6.07) is 18.8. The molecule has 0 atom stereocenters. The Morgan fingerprint density at radius 1 is 0.947 bits per heavy atom. The molecule has 0 saturated heterocycles. The third kappa shape index (κ3) is 3.86. The first-order chi connectivity index (χ1) is 9.25. The van der Waals surface area contributed by atoms with Crippen molar-refractivity contribution in [3.05, 3.63) is 77.9 Å². The summed E-state index contributed by atoms with van der Waals surface area (Å²) in [5, 5.41) is 8.90. The van der Waals surface area contributed by atoms with Crippen molar-refractivity contribution < 1.29 is 9.90 Å². The van der Waals surface area contributed by atoms with Gasteiger partial charge >= 0.3 is 5.97 Å². The summed E-state index contributed by atoms with van der Waals surface area (Å²) in [7, 11) is 0. The number of aliphatic carboxylic acids is 1. The Bertz CT molecular complexity index is 644. The summed E-state index contributed by atoms with van der Waals surface area (Å²) in [4.78, 5) is 10.9. The topological polar surface area (TPSA) is 37.3 Å². The highest BCUT2D eigenvalue weighted by Crippen LogP contribution is 2.13. The molecular formula is C17H12O2. The van der Waals surface area contributed by atoms with Gasteiger partial charge in [-0.15, -0.1) is 0 Å². The van der Waals surface area contributed by atoms with E-state index in [9.17, 15) is 4.79 Å². The molecule has 0 unspecified atom stereocenters. The fourth-order valence-corrected chi connectivity index (χ4v) is 1.59. The second-order valence-corrected chi connectivity index (χ2v) is 3.88. The lowest BCUT2D eigenvalue weighted by atomic mass is 10.1. The number of carboxylic acids is 1. The summed E-state index contributed by atoms with van der Waals surface area (Å²) in [6.07, 6.45) is 1.13. The van der Waals surface area contributed by atoms with Crippen molar-refractivity contribution in [1.82, 2.24) is 0 Å². The second-order valence-electron chi connectivity index (χ2n) is 3.88. The van der Waals surface area contributed by atoms with Crippen LogP contribution in [-0.2, 0) is 4.79 Å². The average molecular weight is 248 g/mol. The molecule has 0 bridgehead atoms. The van der Waals surface area contributed by atoms with Gasteiger partial charge in [-0.3, -0.25) is 0 Å². The normalized spacial score (nSPS) is 10.4. The van der Waals surface area contributed by atoms with Crippen LogP contribution in [0, 0.1) is 11.8 Å². The molecule has 0 radical (unpaired) electrons. The van der Waals surface area contributed by atoms with Crippen molar-refractivity contribution in [2.45, 2.75) is 0 Å². The molecule has 2 heteroatoms. The standard InChI is InChI=1S/C17H12O2/c18-17(19)13-16(15-9-5-2-6-10-15)12-11-14-7-3-1-4-8-14/h1-10,13H,(H,18,19). The number of hydrogen-bond donors (Lipinski definition) is 1. The lowest BCUT2D eigenvalue weighted by Crippen LogP contribution is -1.91. The van der Waals surface area contributed by atoms with Gasteiger partial charge in [0.2, 0.25) is 0 Å². The van der Waals surface area contributed by atoms with Crippen LogP contribution in [0.2, 0.25) is 0 Å². The second kappa shape index (κ2) is 6.23. The van der Waals surface area contributed by atoms with E-state index >= 15 is 0 Å². The van der Waals surface area contributed by atoms with Crippen LogP contribution in [-0.4, -0.2) is 11.1 Å². The Kier molecular flexibility index (Phi) is 4.15. The Balaban J connectivity index is 2.37. The number of allylic oxidation sites excluding steroid dienone is 1. The van der Waals surface area contributed by atoms with Crippen LogP contribution in [0.1, 0.15) is 11.1 Å². The Morgan fingerprint density at radius 2 is 1.53 bits per heavy atom. The first-order valence-electron chi connectivity index (χ1n) is 5.83. The van der Waals surface area contributed by atoms with E-state index in [1.54, 1.807) is 0 Å². The van der Waals surface area contributed by atoms with Crippen molar-refractivity contribution >= 4 is 11.5 Å². The number of carboxylic acid groups (broad SMARTS) is 1. The van der Waals surface area contributed by atoms with Crippen LogP contribution >= 0.6 is 0 Å². The van der Waals surface area contributed by atoms with Gasteiger partial charge in [-0.05, 0) is 17.7 Å². The summed E-state index contributed by atoms with van der Waals surface area (Å²) < 4.78 is 0. The Hall–Kier alpha value is -2.79. The van der Waals surface area contributed by atoms with Gasteiger partial charge in [0.25, 0.3) is 0 Å². The van der Waals surface area contributed by atoms with Gasteiger partial charge in [-0.2, -0.15) is 0 Å². The molecule has 0 heterocycles. The predicted molar refractivity (Wildman–Crippen MR) is 75.4 cm³/mol. The zero-order chi connectivity index (χ0) is 13.5. The fourth-order valence-electron chi connectivity index (χ4n) is 1.59. The smallest absolute Gasteiger partial charge is 0.329 e. The molecule has 2 aromatic rings. The van der Waals surface area contributed by atoms with E-state index in [4.69, 9.17) is 5.11 Å². The van der Waals surface area contributed by atoms with Crippen molar-refractivity contribution in [3.8, 4) is 11.8 Å². The van der Waals surface area contributed by atoms with Gasteiger partial charge in [-0.1, -0.05) is 60.4 Å². The molecule has 2 aromatic carbocycles. The number of benzene rings is 2. The fraction of sp³-hybridized carbons (Fsp3) is 0. The molecular weight excluding hydrogens is 236 g/mol. The zero-order valence-corrected chi connectivity index (χ0v) is 10.2. The van der Waals surface area contributed by atoms with Gasteiger partial charge in [-0.25, -0.2) is 4.79 Å². The predicted octanol–water partition coefficient (Wildman–Crippen LogP) is 3.21. The van der Waals surface area contributed by atoms with Crippen LogP contribution in [0.5, 0.6) is 0 Å². The largest absolute Gasteiger partial charge is 0.478 e. The molecule has 0 aromatic heterocycles. The molecule has 0 aliphatic heterocycles. The lowest BCUT2D eigenvalue weighted by molar-refractivity contribution is -0.131. The molecule has 1 N–H and O–H groups in total. The first kappa shape index (κ1) is 12.7. The molecule has 0 spiro atoms. The van der Waals surface area contributed by atoms with Gasteiger partial charge in [0.15, 0.2) is 0 Å². The molecule has 0 aliphatic carbocycles. The monoisotopic (exact) mass is 248 g/mol. The summed E-state index contributed by atoms with van der Waals surface area (Å²) in [5.74, 6) is 4.88. The van der Waals surface area contributed by atoms with E-state index in [2.05, 4.69) is 11.8 Å². The minimum absolute atomic E-state index is 0.497. The summed E-state index contributed by atoms with van der Waals surface area (Å²) in [6.45, 7) is 0.